The van der Waals surface area contributed by atoms with E-state index >= 15 is 0 Å². The molecular formula is C19H28N2O2. The van der Waals surface area contributed by atoms with E-state index in [0.717, 1.165) is 63.0 Å². The van der Waals surface area contributed by atoms with Gasteiger partial charge >= 0.3 is 0 Å². The average molecular weight is 316 g/mol. The van der Waals surface area contributed by atoms with Crippen LogP contribution in [0.4, 0.5) is 0 Å². The van der Waals surface area contributed by atoms with Gasteiger partial charge in [0.15, 0.2) is 0 Å². The van der Waals surface area contributed by atoms with Crippen LogP contribution in [-0.2, 0) is 4.74 Å². The van der Waals surface area contributed by atoms with Crippen LogP contribution < -0.4 is 5.32 Å². The predicted octanol–water partition coefficient (Wildman–Crippen LogP) is 2.71. The van der Waals surface area contributed by atoms with Crippen molar-refractivity contribution in [3.63, 3.8) is 0 Å². The maximum absolute atomic E-state index is 12.9. The summed E-state index contributed by atoms with van der Waals surface area (Å²) in [7, 11) is 1.76. The molecule has 1 amide bonds. The minimum absolute atomic E-state index is 0.188. The van der Waals surface area contributed by atoms with Crippen molar-refractivity contribution in [1.82, 2.24) is 10.2 Å². The van der Waals surface area contributed by atoms with E-state index in [1.165, 1.54) is 5.56 Å². The van der Waals surface area contributed by atoms with E-state index in [1.54, 1.807) is 7.11 Å². The van der Waals surface area contributed by atoms with Gasteiger partial charge in [-0.1, -0.05) is 12.1 Å². The molecule has 0 aliphatic carbocycles. The fourth-order valence-electron chi connectivity index (χ4n) is 3.74. The zero-order valence-corrected chi connectivity index (χ0v) is 14.3. The first-order valence-corrected chi connectivity index (χ1v) is 8.82. The van der Waals surface area contributed by atoms with Crippen molar-refractivity contribution in [2.24, 2.45) is 0 Å². The lowest BCUT2D eigenvalue weighted by Crippen LogP contribution is -2.40. The number of rotatable bonds is 3. The fourth-order valence-corrected chi connectivity index (χ4v) is 3.74. The Hall–Kier alpha value is -1.39. The summed E-state index contributed by atoms with van der Waals surface area (Å²) in [5, 5.41) is 3.41. The van der Waals surface area contributed by atoms with Crippen LogP contribution in [0.1, 0.15) is 53.1 Å². The van der Waals surface area contributed by atoms with Crippen molar-refractivity contribution in [1.29, 1.82) is 0 Å². The van der Waals surface area contributed by atoms with Gasteiger partial charge in [-0.15, -0.1) is 0 Å². The minimum Gasteiger partial charge on any atom is -0.381 e. The predicted molar refractivity (Wildman–Crippen MR) is 92.0 cm³/mol. The summed E-state index contributed by atoms with van der Waals surface area (Å²) in [6.07, 6.45) is 4.51. The van der Waals surface area contributed by atoms with E-state index in [4.69, 9.17) is 4.74 Å². The number of ether oxygens (including phenoxy) is 1. The third-order valence-electron chi connectivity index (χ3n) is 5.37. The summed E-state index contributed by atoms with van der Waals surface area (Å²) in [6.45, 7) is 5.79. The van der Waals surface area contributed by atoms with E-state index in [1.807, 2.05) is 11.8 Å². The van der Waals surface area contributed by atoms with Crippen molar-refractivity contribution in [3.8, 4) is 0 Å². The lowest BCUT2D eigenvalue weighted by atomic mass is 9.88. The molecular weight excluding hydrogens is 288 g/mol. The topological polar surface area (TPSA) is 41.6 Å². The number of carbonyl (C=O) groups excluding carboxylic acids is 1. The Kier molecular flexibility index (Phi) is 5.34. The first-order valence-electron chi connectivity index (χ1n) is 8.82. The van der Waals surface area contributed by atoms with Crippen molar-refractivity contribution < 1.29 is 9.53 Å². The van der Waals surface area contributed by atoms with Crippen LogP contribution in [0.15, 0.2) is 18.2 Å². The highest BCUT2D eigenvalue weighted by Gasteiger charge is 2.25. The molecule has 2 aliphatic rings. The van der Waals surface area contributed by atoms with Gasteiger partial charge in [0.1, 0.15) is 0 Å². The molecule has 2 fully saturated rings. The third kappa shape index (κ3) is 3.75. The number of carbonyl (C=O) groups is 1. The fraction of sp³-hybridized carbons (Fsp3) is 0.632. The number of hydrogen-bond acceptors (Lipinski definition) is 3. The molecule has 126 valence electrons. The molecule has 0 aromatic heterocycles. The minimum atomic E-state index is 0.188. The van der Waals surface area contributed by atoms with Gasteiger partial charge in [-0.05, 0) is 68.8 Å². The first-order chi connectivity index (χ1) is 11.2. The molecule has 2 heterocycles. The molecule has 2 aliphatic heterocycles. The highest BCUT2D eigenvalue weighted by Crippen LogP contribution is 2.28. The molecule has 0 unspecified atom stereocenters. The van der Waals surface area contributed by atoms with Gasteiger partial charge in [-0.25, -0.2) is 0 Å². The van der Waals surface area contributed by atoms with Crippen molar-refractivity contribution in [2.75, 3.05) is 33.3 Å². The number of likely N-dealkylation sites (tertiary alicyclic amines) is 1. The normalized spacial score (nSPS) is 20.7. The summed E-state index contributed by atoms with van der Waals surface area (Å²) in [5.74, 6) is 0.774. The molecule has 4 heteroatoms. The van der Waals surface area contributed by atoms with Gasteiger partial charge in [-0.3, -0.25) is 4.79 Å². The van der Waals surface area contributed by atoms with Crippen LogP contribution in [-0.4, -0.2) is 50.2 Å². The molecule has 2 saturated heterocycles. The Morgan fingerprint density at radius 1 is 1.17 bits per heavy atom. The van der Waals surface area contributed by atoms with Crippen molar-refractivity contribution in [3.05, 3.63) is 34.9 Å². The number of hydrogen-bond donors (Lipinski definition) is 1. The lowest BCUT2D eigenvalue weighted by molar-refractivity contribution is 0.0350. The summed E-state index contributed by atoms with van der Waals surface area (Å²) in [4.78, 5) is 14.9. The van der Waals surface area contributed by atoms with Gasteiger partial charge in [0.2, 0.25) is 0 Å². The molecule has 23 heavy (non-hydrogen) atoms. The number of nitrogens with one attached hydrogen (secondary N) is 1. The number of nitrogens with zero attached hydrogens (tertiary/aromatic N) is 1. The van der Waals surface area contributed by atoms with Crippen molar-refractivity contribution >= 4 is 5.91 Å². The third-order valence-corrected chi connectivity index (χ3v) is 5.37. The van der Waals surface area contributed by atoms with Gasteiger partial charge < -0.3 is 15.0 Å². The molecule has 0 bridgehead atoms. The standard InChI is InChI=1S/C19H28N2O2/c1-14-3-4-16(15-5-9-20-10-6-15)13-18(14)19(22)21-11-7-17(23-2)8-12-21/h3-4,13,15,17,20H,5-12H2,1-2H3. The largest absolute Gasteiger partial charge is 0.381 e. The molecule has 3 rings (SSSR count). The van der Waals surface area contributed by atoms with Crippen LogP contribution in [0.2, 0.25) is 0 Å². The van der Waals surface area contributed by atoms with Gasteiger partial charge in [0.25, 0.3) is 5.91 Å². The zero-order chi connectivity index (χ0) is 16.2. The second-order valence-corrected chi connectivity index (χ2v) is 6.83. The maximum Gasteiger partial charge on any atom is 0.254 e. The number of methoxy groups -OCH3 is 1. The Bertz CT molecular complexity index is 544. The summed E-state index contributed by atoms with van der Waals surface area (Å²) >= 11 is 0. The van der Waals surface area contributed by atoms with Crippen LogP contribution in [0, 0.1) is 6.92 Å². The summed E-state index contributed by atoms with van der Waals surface area (Å²) in [5.41, 5.74) is 3.30. The van der Waals surface area contributed by atoms with Crippen LogP contribution in [0.25, 0.3) is 0 Å². The van der Waals surface area contributed by atoms with Crippen LogP contribution in [0.5, 0.6) is 0 Å². The second-order valence-electron chi connectivity index (χ2n) is 6.83. The molecule has 1 aromatic carbocycles. The second kappa shape index (κ2) is 7.45. The van der Waals surface area contributed by atoms with Gasteiger partial charge in [0, 0.05) is 25.8 Å². The van der Waals surface area contributed by atoms with E-state index < -0.39 is 0 Å². The van der Waals surface area contributed by atoms with E-state index in [0.29, 0.717) is 12.0 Å². The first kappa shape index (κ1) is 16.5. The van der Waals surface area contributed by atoms with Crippen LogP contribution >= 0.6 is 0 Å². The number of piperidine rings is 2. The highest BCUT2D eigenvalue weighted by atomic mass is 16.5. The van der Waals surface area contributed by atoms with E-state index in [9.17, 15) is 4.79 Å². The smallest absolute Gasteiger partial charge is 0.254 e. The molecule has 0 saturated carbocycles. The maximum atomic E-state index is 12.9. The summed E-state index contributed by atoms with van der Waals surface area (Å²) in [6, 6.07) is 6.47. The van der Waals surface area contributed by atoms with E-state index in [-0.39, 0.29) is 5.91 Å². The molecule has 4 nitrogen and oxygen atoms in total. The molecule has 0 spiro atoms. The van der Waals surface area contributed by atoms with Gasteiger partial charge in [0.05, 0.1) is 6.10 Å². The molecule has 0 radical (unpaired) electrons. The molecule has 0 atom stereocenters. The number of aryl methyl sites for hydroxylation is 1. The monoisotopic (exact) mass is 316 g/mol. The Labute approximate surface area is 139 Å². The summed E-state index contributed by atoms with van der Waals surface area (Å²) < 4.78 is 5.40. The van der Waals surface area contributed by atoms with Gasteiger partial charge in [-0.2, -0.15) is 0 Å². The SMILES string of the molecule is COC1CCN(C(=O)c2cc(C3CCNCC3)ccc2C)CC1. The van der Waals surface area contributed by atoms with Crippen LogP contribution in [0.3, 0.4) is 0 Å². The average Bonchev–Trinajstić information content (AvgIpc) is 2.62. The Morgan fingerprint density at radius 3 is 2.52 bits per heavy atom. The number of benzene rings is 1. The lowest BCUT2D eigenvalue weighted by Gasteiger charge is -2.32. The Morgan fingerprint density at radius 2 is 1.87 bits per heavy atom. The Balaban J connectivity index is 1.74. The molecule has 1 N–H and O–H groups in total. The highest BCUT2D eigenvalue weighted by molar-refractivity contribution is 5.96. The van der Waals surface area contributed by atoms with Crippen molar-refractivity contribution in [2.45, 2.75) is 44.6 Å². The quantitative estimate of drug-likeness (QED) is 0.932. The zero-order valence-electron chi connectivity index (χ0n) is 14.3. The number of amides is 1. The molecule has 1 aromatic rings. The van der Waals surface area contributed by atoms with E-state index in [2.05, 4.69) is 23.5 Å².